The minimum absolute atomic E-state index is 0.0715. The molecule has 70 heavy (non-hydrogen) atoms. The molecule has 0 fully saturated rings. The average molecular weight is 979 g/mol. The molecule has 0 aromatic heterocycles. The van der Waals surface area contributed by atoms with Crippen molar-refractivity contribution in [3.8, 4) is 0 Å². The van der Waals surface area contributed by atoms with Crippen molar-refractivity contribution in [2.24, 2.45) is 0 Å². The number of carbonyl (C=O) groups is 1. The van der Waals surface area contributed by atoms with E-state index in [1.165, 1.54) is 270 Å². The number of aliphatic hydroxyl groups excluding tert-OH is 2. The molecule has 0 heterocycles. The summed E-state index contributed by atoms with van der Waals surface area (Å²) < 4.78 is 0. The SMILES string of the molecule is CCCCCCC/C=C\C/C=C\C/C=C\CCCCCCCCCCCCCCCCC(=O)NC(CO)C(O)/C=C/CC/C=C/CCCCCCCCCCCCCCCCCCCCCCCCC. The molecule has 4 heteroatoms. The topological polar surface area (TPSA) is 69.6 Å². The maximum Gasteiger partial charge on any atom is 0.220 e. The Hall–Kier alpha value is -1.91. The van der Waals surface area contributed by atoms with Crippen LogP contribution < -0.4 is 5.32 Å². The molecule has 0 saturated carbocycles. The maximum absolute atomic E-state index is 12.5. The van der Waals surface area contributed by atoms with Gasteiger partial charge >= 0.3 is 0 Å². The lowest BCUT2D eigenvalue weighted by molar-refractivity contribution is -0.123. The van der Waals surface area contributed by atoms with Gasteiger partial charge in [-0.1, -0.05) is 319 Å². The normalized spacial score (nSPS) is 13.1. The Labute approximate surface area is 438 Å². The number of rotatable bonds is 58. The number of amides is 1. The van der Waals surface area contributed by atoms with Gasteiger partial charge in [-0.15, -0.1) is 0 Å². The van der Waals surface area contributed by atoms with Crippen molar-refractivity contribution < 1.29 is 15.0 Å². The standard InChI is InChI=1S/C66H123NO3/c1-3-5-7-9-11-13-15-17-19-21-23-25-27-29-31-33-35-37-39-41-43-45-47-49-51-53-55-57-59-61-65(69)64(63-68)67-66(70)62-60-58-56-54-52-50-48-46-44-42-40-38-36-34-32-30-28-26-24-22-20-18-16-14-12-10-8-6-4-2/h16,18,22,24,28,30,51,53,59,61,64-65,68-69H,3-15,17,19-21,23,25-27,29,31-50,52,54-58,60,62-63H2,1-2H3,(H,67,70)/b18-16-,24-22-,30-28-,53-51+,61-59+. The van der Waals surface area contributed by atoms with Crippen LogP contribution >= 0.6 is 0 Å². The molecule has 2 atom stereocenters. The summed E-state index contributed by atoms with van der Waals surface area (Å²) in [5.74, 6) is -0.0715. The first kappa shape index (κ1) is 68.1. The molecule has 0 spiro atoms. The fourth-order valence-electron chi connectivity index (χ4n) is 9.68. The van der Waals surface area contributed by atoms with E-state index in [0.29, 0.717) is 6.42 Å². The van der Waals surface area contributed by atoms with Gasteiger partial charge in [-0.3, -0.25) is 4.79 Å². The molecule has 0 rings (SSSR count). The summed E-state index contributed by atoms with van der Waals surface area (Å²) in [6.07, 6.45) is 87.0. The van der Waals surface area contributed by atoms with Crippen LogP contribution in [0.5, 0.6) is 0 Å². The first-order valence-corrected chi connectivity index (χ1v) is 31.5. The van der Waals surface area contributed by atoms with Gasteiger partial charge in [-0.25, -0.2) is 0 Å². The molecule has 0 saturated heterocycles. The molecule has 0 aromatic carbocycles. The summed E-state index contributed by atoms with van der Waals surface area (Å²) >= 11 is 0. The monoisotopic (exact) mass is 978 g/mol. The molecule has 0 bridgehead atoms. The van der Waals surface area contributed by atoms with Gasteiger partial charge in [-0.05, 0) is 70.6 Å². The molecule has 4 nitrogen and oxygen atoms in total. The van der Waals surface area contributed by atoms with Crippen molar-refractivity contribution in [3.05, 3.63) is 60.8 Å². The molecule has 0 aliphatic carbocycles. The van der Waals surface area contributed by atoms with Crippen molar-refractivity contribution in [1.29, 1.82) is 0 Å². The van der Waals surface area contributed by atoms with Gasteiger partial charge < -0.3 is 15.5 Å². The highest BCUT2D eigenvalue weighted by Gasteiger charge is 2.18. The van der Waals surface area contributed by atoms with Crippen LogP contribution in [0.15, 0.2) is 60.8 Å². The maximum atomic E-state index is 12.5. The molecule has 0 aliphatic heterocycles. The van der Waals surface area contributed by atoms with Crippen molar-refractivity contribution in [2.75, 3.05) is 6.61 Å². The molecule has 410 valence electrons. The molecule has 3 N–H and O–H groups in total. The van der Waals surface area contributed by atoms with Crippen molar-refractivity contribution in [3.63, 3.8) is 0 Å². The lowest BCUT2D eigenvalue weighted by Crippen LogP contribution is -2.45. The second kappa shape index (κ2) is 61.4. The number of unbranched alkanes of at least 4 members (excludes halogenated alkanes) is 43. The van der Waals surface area contributed by atoms with E-state index in [4.69, 9.17) is 0 Å². The zero-order valence-electron chi connectivity index (χ0n) is 47.3. The fourth-order valence-corrected chi connectivity index (χ4v) is 9.68. The molecule has 0 aromatic rings. The van der Waals surface area contributed by atoms with E-state index in [9.17, 15) is 15.0 Å². The third kappa shape index (κ3) is 57.0. The number of nitrogens with one attached hydrogen (secondary N) is 1. The van der Waals surface area contributed by atoms with Crippen molar-refractivity contribution in [2.45, 2.75) is 347 Å². The van der Waals surface area contributed by atoms with Gasteiger partial charge in [0.25, 0.3) is 0 Å². The number of aliphatic hydroxyl groups is 2. The highest BCUT2D eigenvalue weighted by molar-refractivity contribution is 5.76. The summed E-state index contributed by atoms with van der Waals surface area (Å²) in [4.78, 5) is 12.5. The van der Waals surface area contributed by atoms with Crippen LogP contribution in [-0.2, 0) is 4.79 Å². The molecule has 0 radical (unpaired) electrons. The Morgan fingerprint density at radius 3 is 0.929 bits per heavy atom. The van der Waals surface area contributed by atoms with Crippen LogP contribution in [0.4, 0.5) is 0 Å². The van der Waals surface area contributed by atoms with Crippen molar-refractivity contribution in [1.82, 2.24) is 5.32 Å². The predicted octanol–water partition coefficient (Wildman–Crippen LogP) is 21.2. The first-order valence-electron chi connectivity index (χ1n) is 31.5. The minimum Gasteiger partial charge on any atom is -0.394 e. The van der Waals surface area contributed by atoms with E-state index in [2.05, 4.69) is 67.8 Å². The quantitative estimate of drug-likeness (QED) is 0.0420. The zero-order chi connectivity index (χ0) is 50.6. The summed E-state index contributed by atoms with van der Waals surface area (Å²) in [6.45, 7) is 4.32. The lowest BCUT2D eigenvalue weighted by Gasteiger charge is -2.19. The van der Waals surface area contributed by atoms with E-state index in [1.54, 1.807) is 6.08 Å². The minimum atomic E-state index is -0.866. The second-order valence-corrected chi connectivity index (χ2v) is 21.5. The highest BCUT2D eigenvalue weighted by Crippen LogP contribution is 2.17. The lowest BCUT2D eigenvalue weighted by atomic mass is 10.0. The number of hydrogen-bond acceptors (Lipinski definition) is 3. The van der Waals surface area contributed by atoms with Crippen LogP contribution in [-0.4, -0.2) is 34.9 Å². The summed E-state index contributed by atoms with van der Waals surface area (Å²) in [7, 11) is 0. The summed E-state index contributed by atoms with van der Waals surface area (Å²) in [5, 5.41) is 23.2. The third-order valence-electron chi connectivity index (χ3n) is 14.5. The Morgan fingerprint density at radius 1 is 0.343 bits per heavy atom. The number of carbonyl (C=O) groups excluding carboxylic acids is 1. The molecule has 2 unspecified atom stereocenters. The van der Waals surface area contributed by atoms with Crippen LogP contribution in [0, 0.1) is 0 Å². The van der Waals surface area contributed by atoms with Gasteiger partial charge in [0, 0.05) is 6.42 Å². The third-order valence-corrected chi connectivity index (χ3v) is 14.5. The largest absolute Gasteiger partial charge is 0.394 e. The van der Waals surface area contributed by atoms with Gasteiger partial charge in [-0.2, -0.15) is 0 Å². The Kier molecular flexibility index (Phi) is 59.7. The fraction of sp³-hybridized carbons (Fsp3) is 0.833. The Balaban J connectivity index is 3.51. The second-order valence-electron chi connectivity index (χ2n) is 21.5. The van der Waals surface area contributed by atoms with Gasteiger partial charge in [0.2, 0.25) is 5.91 Å². The molecule has 1 amide bonds. The number of hydrogen-bond donors (Lipinski definition) is 3. The van der Waals surface area contributed by atoms with Gasteiger partial charge in [0.05, 0.1) is 18.8 Å². The zero-order valence-corrected chi connectivity index (χ0v) is 47.3. The van der Waals surface area contributed by atoms with Gasteiger partial charge in [0.15, 0.2) is 0 Å². The Bertz CT molecular complexity index is 1150. The molecular weight excluding hydrogens is 855 g/mol. The Morgan fingerprint density at radius 2 is 0.600 bits per heavy atom. The highest BCUT2D eigenvalue weighted by atomic mass is 16.3. The van der Waals surface area contributed by atoms with Crippen LogP contribution in [0.25, 0.3) is 0 Å². The molecular formula is C66H123NO3. The summed E-state index contributed by atoms with van der Waals surface area (Å²) in [5.41, 5.74) is 0. The molecule has 0 aliphatic rings. The van der Waals surface area contributed by atoms with Crippen LogP contribution in [0.1, 0.15) is 335 Å². The predicted molar refractivity (Wildman–Crippen MR) is 313 cm³/mol. The van der Waals surface area contributed by atoms with Crippen LogP contribution in [0.3, 0.4) is 0 Å². The summed E-state index contributed by atoms with van der Waals surface area (Å²) in [6, 6.07) is -0.643. The van der Waals surface area contributed by atoms with Crippen molar-refractivity contribution >= 4 is 5.91 Å². The van der Waals surface area contributed by atoms with E-state index < -0.39 is 12.1 Å². The van der Waals surface area contributed by atoms with E-state index in [-0.39, 0.29) is 12.5 Å². The van der Waals surface area contributed by atoms with Crippen LogP contribution in [0.2, 0.25) is 0 Å². The van der Waals surface area contributed by atoms with E-state index in [1.807, 2.05) is 6.08 Å². The van der Waals surface area contributed by atoms with E-state index >= 15 is 0 Å². The smallest absolute Gasteiger partial charge is 0.220 e. The van der Waals surface area contributed by atoms with E-state index in [0.717, 1.165) is 44.9 Å². The average Bonchev–Trinajstić information content (AvgIpc) is 3.36. The first-order chi connectivity index (χ1) is 34.7. The van der Waals surface area contributed by atoms with Gasteiger partial charge in [0.1, 0.15) is 0 Å². The number of allylic oxidation sites excluding steroid dienone is 9.